The van der Waals surface area contributed by atoms with Gasteiger partial charge in [0.05, 0.1) is 6.61 Å². The molecule has 2 aliphatic rings. The number of hydrogen-bond donors (Lipinski definition) is 1. The third kappa shape index (κ3) is 5.83. The van der Waals surface area contributed by atoms with E-state index in [2.05, 4.69) is 5.32 Å². The molecule has 122 valence electrons. The van der Waals surface area contributed by atoms with Gasteiger partial charge in [-0.3, -0.25) is 0 Å². The third-order valence-corrected chi connectivity index (χ3v) is 4.09. The number of ether oxygens (including phenoxy) is 2. The lowest BCUT2D eigenvalue weighted by Crippen LogP contribution is -2.53. The summed E-state index contributed by atoms with van der Waals surface area (Å²) in [6.45, 7) is 11.1. The second kappa shape index (κ2) is 7.45. The Balaban J connectivity index is 1.49. The average molecular weight is 298 g/mol. The van der Waals surface area contributed by atoms with Gasteiger partial charge in [0.2, 0.25) is 0 Å². The van der Waals surface area contributed by atoms with Gasteiger partial charge in [-0.05, 0) is 59.0 Å². The van der Waals surface area contributed by atoms with Gasteiger partial charge in [-0.15, -0.1) is 0 Å². The van der Waals surface area contributed by atoms with Crippen molar-refractivity contribution in [1.29, 1.82) is 0 Å². The fourth-order valence-electron chi connectivity index (χ4n) is 2.82. The minimum absolute atomic E-state index is 0.201. The Kier molecular flexibility index (Phi) is 5.88. The number of hydrogen-bond acceptors (Lipinski definition) is 4. The Bertz CT molecular complexity index is 329. The van der Waals surface area contributed by atoms with E-state index in [1.54, 1.807) is 4.90 Å². The minimum Gasteiger partial charge on any atom is -0.444 e. The topological polar surface area (TPSA) is 50.8 Å². The first-order valence-electron chi connectivity index (χ1n) is 8.20. The van der Waals surface area contributed by atoms with Gasteiger partial charge in [-0.2, -0.15) is 0 Å². The van der Waals surface area contributed by atoms with Gasteiger partial charge in [0.15, 0.2) is 0 Å². The summed E-state index contributed by atoms with van der Waals surface area (Å²) in [6.07, 6.45) is 3.52. The number of rotatable bonds is 5. The highest BCUT2D eigenvalue weighted by Gasteiger charge is 2.33. The smallest absolute Gasteiger partial charge is 0.410 e. The highest BCUT2D eigenvalue weighted by molar-refractivity contribution is 5.69. The van der Waals surface area contributed by atoms with Crippen molar-refractivity contribution in [3.05, 3.63) is 0 Å². The minimum atomic E-state index is -0.409. The summed E-state index contributed by atoms with van der Waals surface area (Å²) >= 11 is 0. The molecule has 0 aromatic carbocycles. The van der Waals surface area contributed by atoms with E-state index in [9.17, 15) is 4.79 Å². The zero-order valence-corrected chi connectivity index (χ0v) is 13.7. The normalized spacial score (nSPS) is 21.2. The Morgan fingerprint density at radius 2 is 1.86 bits per heavy atom. The van der Waals surface area contributed by atoms with Gasteiger partial charge >= 0.3 is 6.09 Å². The van der Waals surface area contributed by atoms with Gasteiger partial charge in [0.25, 0.3) is 0 Å². The van der Waals surface area contributed by atoms with E-state index >= 15 is 0 Å². The molecule has 0 saturated carbocycles. The molecule has 2 rings (SSSR count). The quantitative estimate of drug-likeness (QED) is 0.791. The summed E-state index contributed by atoms with van der Waals surface area (Å²) in [5.74, 6) is 1.30. The first kappa shape index (κ1) is 16.6. The third-order valence-electron chi connectivity index (χ3n) is 4.09. The molecule has 0 atom stereocenters. The Morgan fingerprint density at radius 3 is 2.48 bits per heavy atom. The summed E-state index contributed by atoms with van der Waals surface area (Å²) in [7, 11) is 0. The highest BCUT2D eigenvalue weighted by Crippen LogP contribution is 2.20. The Hall–Kier alpha value is -0.810. The van der Waals surface area contributed by atoms with Crippen LogP contribution >= 0.6 is 0 Å². The molecule has 0 radical (unpaired) electrons. The summed E-state index contributed by atoms with van der Waals surface area (Å²) in [4.78, 5) is 13.5. The van der Waals surface area contributed by atoms with Crippen LogP contribution < -0.4 is 5.32 Å². The van der Waals surface area contributed by atoms with Crippen LogP contribution in [0, 0.1) is 11.8 Å². The van der Waals surface area contributed by atoms with E-state index < -0.39 is 5.60 Å². The molecule has 0 aromatic rings. The molecule has 2 saturated heterocycles. The van der Waals surface area contributed by atoms with E-state index in [0.29, 0.717) is 5.92 Å². The Labute approximate surface area is 128 Å². The zero-order chi connectivity index (χ0) is 15.3. The van der Waals surface area contributed by atoms with Crippen LogP contribution in [-0.4, -0.2) is 56.0 Å². The van der Waals surface area contributed by atoms with Crippen molar-refractivity contribution in [3.8, 4) is 0 Å². The number of carbonyl (C=O) groups is 1. The molecular weight excluding hydrogens is 268 g/mol. The van der Waals surface area contributed by atoms with Crippen molar-refractivity contribution in [2.24, 2.45) is 11.8 Å². The second-order valence-corrected chi connectivity index (χ2v) is 7.31. The molecule has 5 heteroatoms. The van der Waals surface area contributed by atoms with Crippen LogP contribution in [0.5, 0.6) is 0 Å². The summed E-state index contributed by atoms with van der Waals surface area (Å²) in [5, 5.41) is 3.38. The van der Waals surface area contributed by atoms with Crippen molar-refractivity contribution < 1.29 is 14.3 Å². The van der Waals surface area contributed by atoms with Crippen LogP contribution in [-0.2, 0) is 9.47 Å². The fraction of sp³-hybridized carbons (Fsp3) is 0.938. The maximum atomic E-state index is 11.8. The van der Waals surface area contributed by atoms with Crippen molar-refractivity contribution in [1.82, 2.24) is 10.2 Å². The SMILES string of the molecule is CC(C)(C)OC(=O)N1CC(COCCC2CCNCC2)C1. The standard InChI is InChI=1S/C16H30N2O3/c1-16(2,3)21-15(19)18-10-14(11-18)12-20-9-6-13-4-7-17-8-5-13/h13-14,17H,4-12H2,1-3H3. The molecular formula is C16H30N2O3. The van der Waals surface area contributed by atoms with Gasteiger partial charge in [-0.1, -0.05) is 0 Å². The average Bonchev–Trinajstić information content (AvgIpc) is 2.35. The second-order valence-electron chi connectivity index (χ2n) is 7.31. The molecule has 0 bridgehead atoms. The summed E-state index contributed by atoms with van der Waals surface area (Å²) in [6, 6.07) is 0. The first-order valence-corrected chi connectivity index (χ1v) is 8.20. The molecule has 5 nitrogen and oxygen atoms in total. The molecule has 2 fully saturated rings. The monoisotopic (exact) mass is 298 g/mol. The van der Waals surface area contributed by atoms with Crippen LogP contribution in [0.4, 0.5) is 4.79 Å². The van der Waals surface area contributed by atoms with Gasteiger partial charge in [0.1, 0.15) is 5.60 Å². The number of nitrogens with one attached hydrogen (secondary N) is 1. The van der Waals surface area contributed by atoms with Crippen LogP contribution in [0.15, 0.2) is 0 Å². The fourth-order valence-corrected chi connectivity index (χ4v) is 2.82. The molecule has 0 aromatic heterocycles. The van der Waals surface area contributed by atoms with E-state index in [0.717, 1.165) is 45.3 Å². The predicted molar refractivity (Wildman–Crippen MR) is 82.3 cm³/mol. The molecule has 0 spiro atoms. The van der Waals surface area contributed by atoms with E-state index in [1.807, 2.05) is 20.8 Å². The van der Waals surface area contributed by atoms with E-state index in [1.165, 1.54) is 19.3 Å². The lowest BCUT2D eigenvalue weighted by molar-refractivity contribution is -0.0216. The van der Waals surface area contributed by atoms with Crippen molar-refractivity contribution >= 4 is 6.09 Å². The maximum absolute atomic E-state index is 11.8. The van der Waals surface area contributed by atoms with Crippen LogP contribution in [0.3, 0.4) is 0 Å². The highest BCUT2D eigenvalue weighted by atomic mass is 16.6. The maximum Gasteiger partial charge on any atom is 0.410 e. The van der Waals surface area contributed by atoms with Gasteiger partial charge in [0, 0.05) is 25.6 Å². The number of carbonyl (C=O) groups excluding carboxylic acids is 1. The molecule has 0 aliphatic carbocycles. The zero-order valence-electron chi connectivity index (χ0n) is 13.7. The lowest BCUT2D eigenvalue weighted by atomic mass is 9.95. The molecule has 1 amide bonds. The van der Waals surface area contributed by atoms with Crippen molar-refractivity contribution in [2.45, 2.75) is 45.6 Å². The van der Waals surface area contributed by atoms with Crippen molar-refractivity contribution in [2.75, 3.05) is 39.4 Å². The molecule has 2 heterocycles. The van der Waals surface area contributed by atoms with Gasteiger partial charge in [-0.25, -0.2) is 4.79 Å². The van der Waals surface area contributed by atoms with Crippen LogP contribution in [0.2, 0.25) is 0 Å². The molecule has 2 aliphatic heterocycles. The Morgan fingerprint density at radius 1 is 1.19 bits per heavy atom. The lowest BCUT2D eigenvalue weighted by Gasteiger charge is -2.39. The molecule has 21 heavy (non-hydrogen) atoms. The largest absolute Gasteiger partial charge is 0.444 e. The number of likely N-dealkylation sites (tertiary alicyclic amines) is 1. The summed E-state index contributed by atoms with van der Waals surface area (Å²) in [5.41, 5.74) is -0.409. The van der Waals surface area contributed by atoms with Crippen LogP contribution in [0.1, 0.15) is 40.0 Å². The van der Waals surface area contributed by atoms with Crippen LogP contribution in [0.25, 0.3) is 0 Å². The van der Waals surface area contributed by atoms with Gasteiger partial charge < -0.3 is 19.7 Å². The predicted octanol–water partition coefficient (Wildman–Crippen LogP) is 2.26. The number of amides is 1. The van der Waals surface area contributed by atoms with E-state index in [-0.39, 0.29) is 6.09 Å². The number of piperidine rings is 1. The molecule has 0 unspecified atom stereocenters. The molecule has 1 N–H and O–H groups in total. The summed E-state index contributed by atoms with van der Waals surface area (Å²) < 4.78 is 11.1. The first-order chi connectivity index (χ1) is 9.94. The van der Waals surface area contributed by atoms with E-state index in [4.69, 9.17) is 9.47 Å². The number of nitrogens with zero attached hydrogens (tertiary/aromatic N) is 1. The van der Waals surface area contributed by atoms with Crippen molar-refractivity contribution in [3.63, 3.8) is 0 Å².